The van der Waals surface area contributed by atoms with Crippen LogP contribution in [0.5, 0.6) is 0 Å². The Balaban J connectivity index is 2.10. The minimum atomic E-state index is -0.333. The fourth-order valence-corrected chi connectivity index (χ4v) is 3.25. The number of nitrogens with zero attached hydrogens (tertiary/aromatic N) is 1. The van der Waals surface area contributed by atoms with Gasteiger partial charge < -0.3 is 11.1 Å². The molecule has 0 aliphatic carbocycles. The molecule has 1 aliphatic rings. The average Bonchev–Trinajstić information content (AvgIpc) is 2.66. The molecule has 0 saturated carbocycles. The van der Waals surface area contributed by atoms with Crippen LogP contribution in [-0.2, 0) is 5.54 Å². The summed E-state index contributed by atoms with van der Waals surface area (Å²) in [5, 5.41) is 5.38. The van der Waals surface area contributed by atoms with Gasteiger partial charge in [-0.1, -0.05) is 0 Å². The van der Waals surface area contributed by atoms with E-state index in [4.69, 9.17) is 5.73 Å². The standard InChI is InChI=1S/C11H16BrN3S/c1-11(13,9-5-8(12)7-16-9)6-10-14-3-2-4-15-10/h5,7H,2-4,6,13H2,1H3,(H,14,15). The molecule has 0 aromatic carbocycles. The van der Waals surface area contributed by atoms with Crippen molar-refractivity contribution in [3.8, 4) is 0 Å². The highest BCUT2D eigenvalue weighted by molar-refractivity contribution is 9.10. The number of aliphatic imine (C=N–C) groups is 1. The molecule has 1 aliphatic heterocycles. The minimum Gasteiger partial charge on any atom is -0.374 e. The molecule has 16 heavy (non-hydrogen) atoms. The van der Waals surface area contributed by atoms with E-state index in [2.05, 4.69) is 44.6 Å². The van der Waals surface area contributed by atoms with Gasteiger partial charge in [0.1, 0.15) is 0 Å². The van der Waals surface area contributed by atoms with E-state index in [0.29, 0.717) is 0 Å². The lowest BCUT2D eigenvalue weighted by atomic mass is 9.96. The van der Waals surface area contributed by atoms with E-state index >= 15 is 0 Å². The predicted molar refractivity (Wildman–Crippen MR) is 73.1 cm³/mol. The highest BCUT2D eigenvalue weighted by Crippen LogP contribution is 2.30. The second-order valence-corrected chi connectivity index (χ2v) is 6.16. The molecule has 0 fully saturated rings. The molecular formula is C11H16BrN3S. The van der Waals surface area contributed by atoms with Crippen molar-refractivity contribution in [2.45, 2.75) is 25.3 Å². The molecule has 2 rings (SSSR count). The first kappa shape index (κ1) is 12.1. The van der Waals surface area contributed by atoms with Gasteiger partial charge in [-0.3, -0.25) is 4.99 Å². The molecule has 1 aromatic rings. The van der Waals surface area contributed by atoms with Gasteiger partial charge in [0.15, 0.2) is 0 Å². The van der Waals surface area contributed by atoms with Crippen LogP contribution >= 0.6 is 27.3 Å². The lowest BCUT2D eigenvalue weighted by Gasteiger charge is -2.26. The second-order valence-electron chi connectivity index (χ2n) is 4.33. The first-order valence-corrected chi connectivity index (χ1v) is 7.06. The molecule has 0 radical (unpaired) electrons. The highest BCUT2D eigenvalue weighted by atomic mass is 79.9. The Morgan fingerprint density at radius 3 is 3.06 bits per heavy atom. The average molecular weight is 302 g/mol. The van der Waals surface area contributed by atoms with Gasteiger partial charge in [-0.25, -0.2) is 0 Å². The molecule has 1 aromatic heterocycles. The molecule has 3 N–H and O–H groups in total. The Morgan fingerprint density at radius 2 is 2.50 bits per heavy atom. The largest absolute Gasteiger partial charge is 0.374 e. The summed E-state index contributed by atoms with van der Waals surface area (Å²) in [6, 6.07) is 2.09. The number of rotatable bonds is 3. The van der Waals surface area contributed by atoms with E-state index in [9.17, 15) is 0 Å². The Kier molecular flexibility index (Phi) is 3.66. The zero-order chi connectivity index (χ0) is 11.6. The molecule has 0 spiro atoms. The summed E-state index contributed by atoms with van der Waals surface area (Å²) >= 11 is 5.15. The molecule has 0 bridgehead atoms. The van der Waals surface area contributed by atoms with Gasteiger partial charge >= 0.3 is 0 Å². The number of thiophene rings is 1. The number of halogens is 1. The summed E-state index contributed by atoms with van der Waals surface area (Å²) in [5.74, 6) is 1.04. The highest BCUT2D eigenvalue weighted by Gasteiger charge is 2.25. The van der Waals surface area contributed by atoms with E-state index in [1.807, 2.05) is 0 Å². The number of hydrogen-bond donors (Lipinski definition) is 2. The molecule has 88 valence electrons. The van der Waals surface area contributed by atoms with Crippen molar-refractivity contribution in [2.75, 3.05) is 13.1 Å². The summed E-state index contributed by atoms with van der Waals surface area (Å²) < 4.78 is 1.10. The summed E-state index contributed by atoms with van der Waals surface area (Å²) in [6.07, 6.45) is 1.90. The summed E-state index contributed by atoms with van der Waals surface area (Å²) in [6.45, 7) is 4.00. The SMILES string of the molecule is CC(N)(CC1=NCCCN1)c1cc(Br)cs1. The molecule has 1 atom stereocenters. The van der Waals surface area contributed by atoms with Gasteiger partial charge in [0.25, 0.3) is 0 Å². The van der Waals surface area contributed by atoms with Gasteiger partial charge in [0.2, 0.25) is 0 Å². The smallest absolute Gasteiger partial charge is 0.0985 e. The third-order valence-electron chi connectivity index (χ3n) is 2.63. The number of amidine groups is 1. The Labute approximate surface area is 108 Å². The first-order valence-electron chi connectivity index (χ1n) is 5.38. The Bertz CT molecular complexity index is 398. The maximum absolute atomic E-state index is 6.35. The second kappa shape index (κ2) is 4.85. The minimum absolute atomic E-state index is 0.333. The van der Waals surface area contributed by atoms with Crippen LogP contribution in [0.1, 0.15) is 24.6 Å². The molecule has 3 nitrogen and oxygen atoms in total. The molecule has 0 amide bonds. The fourth-order valence-electron chi connectivity index (χ4n) is 1.75. The maximum Gasteiger partial charge on any atom is 0.0985 e. The number of nitrogens with one attached hydrogen (secondary N) is 1. The topological polar surface area (TPSA) is 50.4 Å². The van der Waals surface area contributed by atoms with Crippen molar-refractivity contribution in [3.63, 3.8) is 0 Å². The Hall–Kier alpha value is -0.390. The zero-order valence-electron chi connectivity index (χ0n) is 9.29. The van der Waals surface area contributed by atoms with E-state index < -0.39 is 0 Å². The third kappa shape index (κ3) is 2.84. The number of hydrogen-bond acceptors (Lipinski definition) is 4. The van der Waals surface area contributed by atoms with Crippen LogP contribution in [-0.4, -0.2) is 18.9 Å². The summed E-state index contributed by atoms with van der Waals surface area (Å²) in [5.41, 5.74) is 6.02. The van der Waals surface area contributed by atoms with Gasteiger partial charge in [-0.2, -0.15) is 0 Å². The van der Waals surface area contributed by atoms with Gasteiger partial charge in [-0.15, -0.1) is 11.3 Å². The summed E-state index contributed by atoms with van der Waals surface area (Å²) in [4.78, 5) is 5.65. The van der Waals surface area contributed by atoms with Crippen molar-refractivity contribution in [2.24, 2.45) is 10.7 Å². The van der Waals surface area contributed by atoms with Gasteiger partial charge in [-0.05, 0) is 35.3 Å². The third-order valence-corrected chi connectivity index (χ3v) is 4.60. The van der Waals surface area contributed by atoms with E-state index in [1.165, 1.54) is 4.88 Å². The zero-order valence-corrected chi connectivity index (χ0v) is 11.7. The van der Waals surface area contributed by atoms with Crippen LogP contribution in [0.2, 0.25) is 0 Å². The van der Waals surface area contributed by atoms with Crippen LogP contribution in [0.3, 0.4) is 0 Å². The van der Waals surface area contributed by atoms with Crippen LogP contribution < -0.4 is 11.1 Å². The van der Waals surface area contributed by atoms with Crippen molar-refractivity contribution >= 4 is 33.1 Å². The molecule has 0 saturated heterocycles. The summed E-state index contributed by atoms with van der Waals surface area (Å²) in [7, 11) is 0. The quantitative estimate of drug-likeness (QED) is 0.901. The van der Waals surface area contributed by atoms with E-state index in [-0.39, 0.29) is 5.54 Å². The van der Waals surface area contributed by atoms with Gasteiger partial charge in [0, 0.05) is 34.2 Å². The normalized spacial score (nSPS) is 19.8. The van der Waals surface area contributed by atoms with Crippen LogP contribution in [0.25, 0.3) is 0 Å². The lowest BCUT2D eigenvalue weighted by Crippen LogP contribution is -2.40. The number of nitrogens with two attached hydrogens (primary N) is 1. The predicted octanol–water partition coefficient (Wildman–Crippen LogP) is 2.47. The first-order chi connectivity index (χ1) is 7.58. The fraction of sp³-hybridized carbons (Fsp3) is 0.545. The maximum atomic E-state index is 6.35. The molecular weight excluding hydrogens is 286 g/mol. The van der Waals surface area contributed by atoms with Crippen molar-refractivity contribution < 1.29 is 0 Å². The lowest BCUT2D eigenvalue weighted by molar-refractivity contribution is 0.515. The van der Waals surface area contributed by atoms with Crippen molar-refractivity contribution in [1.82, 2.24) is 5.32 Å². The van der Waals surface area contributed by atoms with Crippen LogP contribution in [0.4, 0.5) is 0 Å². The molecule has 1 unspecified atom stereocenters. The van der Waals surface area contributed by atoms with E-state index in [0.717, 1.165) is 36.2 Å². The van der Waals surface area contributed by atoms with Crippen molar-refractivity contribution in [3.05, 3.63) is 20.8 Å². The Morgan fingerprint density at radius 1 is 1.69 bits per heavy atom. The van der Waals surface area contributed by atoms with Crippen LogP contribution in [0.15, 0.2) is 20.9 Å². The van der Waals surface area contributed by atoms with E-state index in [1.54, 1.807) is 11.3 Å². The molecule has 2 heterocycles. The van der Waals surface area contributed by atoms with Crippen LogP contribution in [0, 0.1) is 0 Å². The molecule has 5 heteroatoms. The van der Waals surface area contributed by atoms with Gasteiger partial charge in [0.05, 0.1) is 11.4 Å². The monoisotopic (exact) mass is 301 g/mol. The van der Waals surface area contributed by atoms with Crippen molar-refractivity contribution in [1.29, 1.82) is 0 Å².